The minimum Gasteiger partial charge on any atom is -0.392 e. The summed E-state index contributed by atoms with van der Waals surface area (Å²) in [5.74, 6) is 0. The van der Waals surface area contributed by atoms with Crippen LogP contribution in [-0.2, 0) is 0 Å². The third kappa shape index (κ3) is 1.20. The van der Waals surface area contributed by atoms with Gasteiger partial charge in [-0.05, 0) is 12.8 Å². The molecule has 1 aliphatic heterocycles. The molecular formula is C6H13NO. The van der Waals surface area contributed by atoms with Gasteiger partial charge in [-0.15, -0.1) is 0 Å². The van der Waals surface area contributed by atoms with E-state index in [1.54, 1.807) is 0 Å². The van der Waals surface area contributed by atoms with E-state index in [1.807, 2.05) is 0 Å². The number of hydrogen-bond acceptors (Lipinski definition) is 2. The molecule has 2 nitrogen and oxygen atoms in total. The fourth-order valence-electron chi connectivity index (χ4n) is 1.11. The zero-order chi connectivity index (χ0) is 5.98. The van der Waals surface area contributed by atoms with Crippen molar-refractivity contribution in [3.8, 4) is 0 Å². The predicted octanol–water partition coefficient (Wildman–Crippen LogP) is 0.119. The minimum atomic E-state index is -0.0834. The summed E-state index contributed by atoms with van der Waals surface area (Å²) in [7, 11) is 0. The van der Waals surface area contributed by atoms with Crippen molar-refractivity contribution in [2.24, 2.45) is 0 Å². The molecule has 0 amide bonds. The summed E-state index contributed by atoms with van der Waals surface area (Å²) in [6.45, 7) is 2.92. The lowest BCUT2D eigenvalue weighted by Crippen LogP contribution is -2.19. The van der Waals surface area contributed by atoms with E-state index < -0.39 is 0 Å². The number of aliphatic hydroxyl groups is 1. The Hall–Kier alpha value is -0.0800. The molecule has 0 aromatic rings. The molecule has 1 heterocycles. The van der Waals surface area contributed by atoms with Crippen LogP contribution in [0.3, 0.4) is 0 Å². The normalized spacial score (nSPS) is 38.2. The van der Waals surface area contributed by atoms with Gasteiger partial charge in [-0.1, -0.05) is 6.92 Å². The largest absolute Gasteiger partial charge is 0.392 e. The SMILES string of the molecule is CC[C@@H]1C[C@@H](O)CN1. The molecule has 1 saturated heterocycles. The van der Waals surface area contributed by atoms with Gasteiger partial charge < -0.3 is 10.4 Å². The van der Waals surface area contributed by atoms with Crippen LogP contribution >= 0.6 is 0 Å². The first-order chi connectivity index (χ1) is 3.83. The van der Waals surface area contributed by atoms with E-state index >= 15 is 0 Å². The molecule has 2 N–H and O–H groups in total. The van der Waals surface area contributed by atoms with Crippen LogP contribution in [0.2, 0.25) is 0 Å². The highest BCUT2D eigenvalue weighted by atomic mass is 16.3. The maximum absolute atomic E-state index is 8.97. The summed E-state index contributed by atoms with van der Waals surface area (Å²) < 4.78 is 0. The van der Waals surface area contributed by atoms with Crippen LogP contribution in [0.15, 0.2) is 0 Å². The molecule has 0 saturated carbocycles. The van der Waals surface area contributed by atoms with E-state index in [2.05, 4.69) is 12.2 Å². The lowest BCUT2D eigenvalue weighted by atomic mass is 10.2. The van der Waals surface area contributed by atoms with Crippen molar-refractivity contribution in [1.82, 2.24) is 5.32 Å². The summed E-state index contributed by atoms with van der Waals surface area (Å²) in [4.78, 5) is 0. The van der Waals surface area contributed by atoms with Gasteiger partial charge in [0.1, 0.15) is 0 Å². The van der Waals surface area contributed by atoms with Crippen molar-refractivity contribution in [3.05, 3.63) is 0 Å². The second-order valence-electron chi connectivity index (χ2n) is 2.40. The zero-order valence-electron chi connectivity index (χ0n) is 5.22. The van der Waals surface area contributed by atoms with E-state index in [4.69, 9.17) is 5.11 Å². The molecular weight excluding hydrogens is 102 g/mol. The molecule has 1 aliphatic rings. The van der Waals surface area contributed by atoms with Gasteiger partial charge in [-0.2, -0.15) is 0 Å². The average molecular weight is 115 g/mol. The standard InChI is InChI=1S/C6H13NO/c1-2-5-3-6(8)4-7-5/h5-8H,2-4H2,1H3/t5-,6-/m1/s1. The molecule has 0 unspecified atom stereocenters. The topological polar surface area (TPSA) is 32.3 Å². The number of nitrogens with one attached hydrogen (secondary N) is 1. The number of aliphatic hydroxyl groups excluding tert-OH is 1. The van der Waals surface area contributed by atoms with E-state index in [9.17, 15) is 0 Å². The monoisotopic (exact) mass is 115 g/mol. The van der Waals surface area contributed by atoms with Gasteiger partial charge in [0, 0.05) is 12.6 Å². The van der Waals surface area contributed by atoms with Crippen molar-refractivity contribution < 1.29 is 5.11 Å². The second kappa shape index (κ2) is 2.46. The lowest BCUT2D eigenvalue weighted by Gasteiger charge is -2.02. The van der Waals surface area contributed by atoms with E-state index in [0.717, 1.165) is 19.4 Å². The summed E-state index contributed by atoms with van der Waals surface area (Å²) >= 11 is 0. The van der Waals surface area contributed by atoms with Crippen molar-refractivity contribution in [2.75, 3.05) is 6.54 Å². The summed E-state index contributed by atoms with van der Waals surface area (Å²) in [5, 5.41) is 12.2. The van der Waals surface area contributed by atoms with Crippen LogP contribution in [-0.4, -0.2) is 23.8 Å². The predicted molar refractivity (Wildman–Crippen MR) is 32.7 cm³/mol. The maximum atomic E-state index is 8.97. The molecule has 48 valence electrons. The van der Waals surface area contributed by atoms with Gasteiger partial charge in [-0.3, -0.25) is 0 Å². The molecule has 0 spiro atoms. The molecule has 2 atom stereocenters. The van der Waals surface area contributed by atoms with Gasteiger partial charge in [0.2, 0.25) is 0 Å². The molecule has 0 radical (unpaired) electrons. The van der Waals surface area contributed by atoms with E-state index in [0.29, 0.717) is 6.04 Å². The van der Waals surface area contributed by atoms with Crippen LogP contribution in [0.25, 0.3) is 0 Å². The van der Waals surface area contributed by atoms with Gasteiger partial charge in [0.05, 0.1) is 6.10 Å². The van der Waals surface area contributed by atoms with Crippen molar-refractivity contribution >= 4 is 0 Å². The molecule has 2 heteroatoms. The third-order valence-corrected chi connectivity index (χ3v) is 1.69. The first kappa shape index (κ1) is 6.05. The van der Waals surface area contributed by atoms with Crippen molar-refractivity contribution in [3.63, 3.8) is 0 Å². The lowest BCUT2D eigenvalue weighted by molar-refractivity contribution is 0.193. The average Bonchev–Trinajstić information content (AvgIpc) is 2.14. The first-order valence-corrected chi connectivity index (χ1v) is 3.24. The van der Waals surface area contributed by atoms with Gasteiger partial charge in [0.25, 0.3) is 0 Å². The molecule has 0 aliphatic carbocycles. The highest BCUT2D eigenvalue weighted by Gasteiger charge is 2.19. The Labute approximate surface area is 49.9 Å². The number of β-amino-alcohol motifs (C(OH)–C–C–N with tert-alkyl or cyclic N) is 1. The minimum absolute atomic E-state index is 0.0834. The van der Waals surface area contributed by atoms with Crippen LogP contribution in [0.4, 0.5) is 0 Å². The van der Waals surface area contributed by atoms with Crippen LogP contribution < -0.4 is 5.32 Å². The molecule has 0 bridgehead atoms. The highest BCUT2D eigenvalue weighted by Crippen LogP contribution is 2.07. The molecule has 0 aromatic carbocycles. The Morgan fingerprint density at radius 3 is 2.75 bits per heavy atom. The smallest absolute Gasteiger partial charge is 0.0679 e. The van der Waals surface area contributed by atoms with E-state index in [-0.39, 0.29) is 6.10 Å². The molecule has 8 heavy (non-hydrogen) atoms. The maximum Gasteiger partial charge on any atom is 0.0679 e. The van der Waals surface area contributed by atoms with Gasteiger partial charge in [-0.25, -0.2) is 0 Å². The third-order valence-electron chi connectivity index (χ3n) is 1.69. The van der Waals surface area contributed by atoms with E-state index in [1.165, 1.54) is 0 Å². The van der Waals surface area contributed by atoms with Crippen LogP contribution in [0, 0.1) is 0 Å². The Kier molecular flexibility index (Phi) is 1.86. The molecule has 1 rings (SSSR count). The Bertz CT molecular complexity index is 74.9. The number of rotatable bonds is 1. The second-order valence-corrected chi connectivity index (χ2v) is 2.40. The Balaban J connectivity index is 2.22. The molecule has 1 fully saturated rings. The summed E-state index contributed by atoms with van der Waals surface area (Å²) in [6.07, 6.45) is 1.99. The van der Waals surface area contributed by atoms with Crippen LogP contribution in [0.5, 0.6) is 0 Å². The fourth-order valence-corrected chi connectivity index (χ4v) is 1.11. The quantitative estimate of drug-likeness (QED) is 0.508. The number of hydrogen-bond donors (Lipinski definition) is 2. The highest BCUT2D eigenvalue weighted by molar-refractivity contribution is 4.79. The van der Waals surface area contributed by atoms with Crippen molar-refractivity contribution in [1.29, 1.82) is 0 Å². The van der Waals surface area contributed by atoms with Crippen molar-refractivity contribution in [2.45, 2.75) is 31.9 Å². The summed E-state index contributed by atoms with van der Waals surface area (Å²) in [5.41, 5.74) is 0. The summed E-state index contributed by atoms with van der Waals surface area (Å²) in [6, 6.07) is 0.574. The zero-order valence-corrected chi connectivity index (χ0v) is 5.22. The first-order valence-electron chi connectivity index (χ1n) is 3.24. The Morgan fingerprint density at radius 2 is 2.50 bits per heavy atom. The Morgan fingerprint density at radius 1 is 1.75 bits per heavy atom. The van der Waals surface area contributed by atoms with Gasteiger partial charge in [0.15, 0.2) is 0 Å². The van der Waals surface area contributed by atoms with Crippen LogP contribution in [0.1, 0.15) is 19.8 Å². The fraction of sp³-hybridized carbons (Fsp3) is 1.00. The molecule has 0 aromatic heterocycles. The van der Waals surface area contributed by atoms with Gasteiger partial charge >= 0.3 is 0 Å².